The molecule has 1 heterocycles. The molecule has 1 aromatic carbocycles. The van der Waals surface area contributed by atoms with Crippen LogP contribution in [0.1, 0.15) is 18.3 Å². The highest BCUT2D eigenvalue weighted by molar-refractivity contribution is 9.10. The number of aryl methyl sites for hydroxylation is 1. The normalized spacial score (nSPS) is 11.6. The number of rotatable bonds is 6. The Bertz CT molecular complexity index is 728. The van der Waals surface area contributed by atoms with Crippen LogP contribution in [0.2, 0.25) is 0 Å². The molecule has 0 radical (unpaired) electrons. The largest absolute Gasteiger partial charge is 0.311 e. The average molecular weight is 373 g/mol. The number of H-pyrrole nitrogens is 1. The van der Waals surface area contributed by atoms with E-state index in [1.807, 2.05) is 13.0 Å². The van der Waals surface area contributed by atoms with Crippen LogP contribution in [-0.4, -0.2) is 25.2 Å². The van der Waals surface area contributed by atoms with Crippen LogP contribution in [0.15, 0.2) is 33.6 Å². The Morgan fingerprint density at radius 1 is 1.38 bits per heavy atom. The number of nitrogens with zero attached hydrogens (tertiary/aromatic N) is 1. The summed E-state index contributed by atoms with van der Waals surface area (Å²) in [6.45, 7) is 4.78. The van der Waals surface area contributed by atoms with E-state index >= 15 is 0 Å². The first-order valence-corrected chi connectivity index (χ1v) is 8.74. The van der Waals surface area contributed by atoms with E-state index in [9.17, 15) is 8.42 Å². The number of hydrogen-bond acceptors (Lipinski definition) is 4. The number of benzene rings is 1. The van der Waals surface area contributed by atoms with E-state index in [1.54, 1.807) is 25.1 Å². The summed E-state index contributed by atoms with van der Waals surface area (Å²) in [5.41, 5.74) is 1.50. The number of aromatic nitrogens is 2. The molecule has 2 aromatic rings. The number of nitrogens with one attached hydrogen (secondary N) is 3. The topological polar surface area (TPSA) is 86.9 Å². The zero-order valence-corrected chi connectivity index (χ0v) is 14.2. The van der Waals surface area contributed by atoms with Gasteiger partial charge in [0.1, 0.15) is 4.90 Å². The van der Waals surface area contributed by atoms with Crippen molar-refractivity contribution in [3.63, 3.8) is 0 Å². The van der Waals surface area contributed by atoms with Gasteiger partial charge in [-0.1, -0.05) is 28.9 Å². The minimum absolute atomic E-state index is 0.198. The summed E-state index contributed by atoms with van der Waals surface area (Å²) in [5.74, 6) is 0. The molecule has 0 aliphatic rings. The van der Waals surface area contributed by atoms with Crippen LogP contribution >= 0.6 is 15.9 Å². The predicted octanol–water partition coefficient (Wildman–Crippen LogP) is 2.39. The smallest absolute Gasteiger partial charge is 0.265 e. The lowest BCUT2D eigenvalue weighted by Gasteiger charge is -2.09. The van der Waals surface area contributed by atoms with Gasteiger partial charge in [0.25, 0.3) is 10.0 Å². The lowest BCUT2D eigenvalue weighted by molar-refractivity contribution is 0.597. The van der Waals surface area contributed by atoms with Crippen molar-refractivity contribution in [2.45, 2.75) is 25.3 Å². The lowest BCUT2D eigenvalue weighted by atomic mass is 10.3. The molecule has 0 amide bonds. The standard InChI is InChI=1S/C13H17BrN4O2S/c1-3-15-8-12-13(9(2)16-17-12)21(19,20)18-11-6-4-5-10(14)7-11/h4-7,15,18H,3,8H2,1-2H3,(H,16,17). The number of sulfonamides is 1. The molecule has 8 heteroatoms. The molecular formula is C13H17BrN4O2S. The van der Waals surface area contributed by atoms with Crippen molar-refractivity contribution >= 4 is 31.6 Å². The molecule has 2 rings (SSSR count). The van der Waals surface area contributed by atoms with Crippen LogP contribution in [0.5, 0.6) is 0 Å². The summed E-state index contributed by atoms with van der Waals surface area (Å²) < 4.78 is 28.5. The van der Waals surface area contributed by atoms with Crippen LogP contribution in [0.3, 0.4) is 0 Å². The van der Waals surface area contributed by atoms with Crippen LogP contribution in [-0.2, 0) is 16.6 Å². The predicted molar refractivity (Wildman–Crippen MR) is 85.7 cm³/mol. The summed E-state index contributed by atoms with van der Waals surface area (Å²) in [4.78, 5) is 0.198. The van der Waals surface area contributed by atoms with Gasteiger partial charge < -0.3 is 5.32 Å². The second-order valence-corrected chi connectivity index (χ2v) is 7.06. The molecule has 21 heavy (non-hydrogen) atoms. The number of halogens is 1. The summed E-state index contributed by atoms with van der Waals surface area (Å²) >= 11 is 3.32. The SMILES string of the molecule is CCNCc1n[nH]c(C)c1S(=O)(=O)Nc1cccc(Br)c1. The van der Waals surface area contributed by atoms with Crippen molar-refractivity contribution in [3.05, 3.63) is 40.1 Å². The Kier molecular flexibility index (Phi) is 5.02. The Morgan fingerprint density at radius 3 is 2.81 bits per heavy atom. The lowest BCUT2D eigenvalue weighted by Crippen LogP contribution is -2.19. The highest BCUT2D eigenvalue weighted by Gasteiger charge is 2.24. The molecule has 3 N–H and O–H groups in total. The average Bonchev–Trinajstić information content (AvgIpc) is 2.77. The van der Waals surface area contributed by atoms with E-state index in [2.05, 4.69) is 36.2 Å². The molecular weight excluding hydrogens is 356 g/mol. The van der Waals surface area contributed by atoms with E-state index in [4.69, 9.17) is 0 Å². The second kappa shape index (κ2) is 6.59. The van der Waals surface area contributed by atoms with Crippen LogP contribution in [0.4, 0.5) is 5.69 Å². The fourth-order valence-electron chi connectivity index (χ4n) is 1.95. The van der Waals surface area contributed by atoms with E-state index in [1.165, 1.54) is 0 Å². The van der Waals surface area contributed by atoms with Crippen LogP contribution in [0.25, 0.3) is 0 Å². The van der Waals surface area contributed by atoms with Gasteiger partial charge in [0.05, 0.1) is 11.4 Å². The van der Waals surface area contributed by atoms with Gasteiger partial charge in [0, 0.05) is 16.7 Å². The van der Waals surface area contributed by atoms with Gasteiger partial charge in [-0.05, 0) is 31.7 Å². The van der Waals surface area contributed by atoms with Crippen molar-refractivity contribution in [3.8, 4) is 0 Å². The molecule has 0 atom stereocenters. The summed E-state index contributed by atoms with van der Waals surface area (Å²) in [6, 6.07) is 7.00. The molecule has 0 saturated carbocycles. The fraction of sp³-hybridized carbons (Fsp3) is 0.308. The fourth-order valence-corrected chi connectivity index (χ4v) is 3.76. The van der Waals surface area contributed by atoms with Crippen molar-refractivity contribution in [2.75, 3.05) is 11.3 Å². The van der Waals surface area contributed by atoms with Crippen molar-refractivity contribution in [1.29, 1.82) is 0 Å². The van der Waals surface area contributed by atoms with Crippen molar-refractivity contribution in [1.82, 2.24) is 15.5 Å². The highest BCUT2D eigenvalue weighted by Crippen LogP contribution is 2.23. The maximum atomic E-state index is 12.6. The molecule has 6 nitrogen and oxygen atoms in total. The Balaban J connectivity index is 2.33. The maximum absolute atomic E-state index is 12.6. The summed E-state index contributed by atoms with van der Waals surface area (Å²) in [7, 11) is -3.68. The third-order valence-corrected chi connectivity index (χ3v) is 4.93. The number of anilines is 1. The minimum atomic E-state index is -3.68. The highest BCUT2D eigenvalue weighted by atomic mass is 79.9. The molecule has 0 aliphatic heterocycles. The monoisotopic (exact) mass is 372 g/mol. The molecule has 114 valence electrons. The molecule has 0 saturated heterocycles. The van der Waals surface area contributed by atoms with Crippen molar-refractivity contribution in [2.24, 2.45) is 0 Å². The van der Waals surface area contributed by atoms with E-state index in [-0.39, 0.29) is 4.90 Å². The van der Waals surface area contributed by atoms with Crippen molar-refractivity contribution < 1.29 is 8.42 Å². The zero-order valence-electron chi connectivity index (χ0n) is 11.8. The van der Waals surface area contributed by atoms with E-state index in [0.29, 0.717) is 23.6 Å². The third kappa shape index (κ3) is 3.84. The molecule has 1 aromatic heterocycles. The first-order chi connectivity index (χ1) is 9.94. The van der Waals surface area contributed by atoms with Crippen LogP contribution < -0.4 is 10.0 Å². The van der Waals surface area contributed by atoms with Gasteiger partial charge in [0.2, 0.25) is 0 Å². The molecule has 0 spiro atoms. The third-order valence-electron chi connectivity index (χ3n) is 2.85. The summed E-state index contributed by atoms with van der Waals surface area (Å²) in [6.07, 6.45) is 0. The number of aromatic amines is 1. The molecule has 0 aliphatic carbocycles. The number of hydrogen-bond donors (Lipinski definition) is 3. The first kappa shape index (κ1) is 16.0. The molecule has 0 fully saturated rings. The minimum Gasteiger partial charge on any atom is -0.311 e. The van der Waals surface area contributed by atoms with Crippen LogP contribution in [0, 0.1) is 6.92 Å². The Hall–Kier alpha value is -1.38. The van der Waals surface area contributed by atoms with Gasteiger partial charge in [0.15, 0.2) is 0 Å². The Labute approximate surface area is 132 Å². The van der Waals surface area contributed by atoms with Gasteiger partial charge in [-0.2, -0.15) is 5.10 Å². The van der Waals surface area contributed by atoms with E-state index in [0.717, 1.165) is 11.0 Å². The molecule has 0 unspecified atom stereocenters. The second-order valence-electron chi connectivity index (χ2n) is 4.52. The maximum Gasteiger partial charge on any atom is 0.265 e. The van der Waals surface area contributed by atoms with Gasteiger partial charge in [-0.15, -0.1) is 0 Å². The van der Waals surface area contributed by atoms with Gasteiger partial charge >= 0.3 is 0 Å². The van der Waals surface area contributed by atoms with Gasteiger partial charge in [-0.25, -0.2) is 8.42 Å². The quantitative estimate of drug-likeness (QED) is 0.726. The van der Waals surface area contributed by atoms with Gasteiger partial charge in [-0.3, -0.25) is 9.82 Å². The molecule has 0 bridgehead atoms. The summed E-state index contributed by atoms with van der Waals surface area (Å²) in [5, 5.41) is 9.87. The zero-order chi connectivity index (χ0) is 15.5. The van der Waals surface area contributed by atoms with E-state index < -0.39 is 10.0 Å². The Morgan fingerprint density at radius 2 is 2.14 bits per heavy atom. The first-order valence-electron chi connectivity index (χ1n) is 6.47.